The highest BCUT2D eigenvalue weighted by atomic mass is 29.3. The van der Waals surface area contributed by atoms with Crippen molar-refractivity contribution in [1.82, 2.24) is 0 Å². The first-order valence-electron chi connectivity index (χ1n) is 12.4. The van der Waals surface area contributed by atoms with Crippen molar-refractivity contribution in [3.63, 3.8) is 0 Å². The highest BCUT2D eigenvalue weighted by Gasteiger charge is 2.63. The van der Waals surface area contributed by atoms with Crippen molar-refractivity contribution in [3.8, 4) is 0 Å². The predicted octanol–water partition coefficient (Wildman–Crippen LogP) is 0.465. The molecule has 0 aromatic heterocycles. The maximum absolute atomic E-state index is 5.77. The average molecular weight is 593 g/mol. The van der Waals surface area contributed by atoms with Gasteiger partial charge in [-0.3, -0.25) is 0 Å². The van der Waals surface area contributed by atoms with Gasteiger partial charge in [-0.25, -0.2) is 0 Å². The van der Waals surface area contributed by atoms with Gasteiger partial charge in [0.25, 0.3) is 0 Å². The van der Waals surface area contributed by atoms with Crippen LogP contribution in [0.3, 0.4) is 0 Å². The van der Waals surface area contributed by atoms with E-state index in [1.165, 1.54) is 0 Å². The zero-order valence-corrected chi connectivity index (χ0v) is 28.1. The molecule has 12 nitrogen and oxygen atoms in total. The van der Waals surface area contributed by atoms with Crippen molar-refractivity contribution in [2.45, 2.75) is 49.9 Å². The molecule has 16 heteroatoms. The molecule has 0 unspecified atom stereocenters. The largest absolute Gasteiger partial charge is 0.397 e. The lowest BCUT2D eigenvalue weighted by Gasteiger charge is -2.40. The van der Waals surface area contributed by atoms with Crippen LogP contribution in [0.2, 0.25) is 24.2 Å². The fraction of sp³-hybridized carbons (Fsp3) is 1.00. The van der Waals surface area contributed by atoms with Gasteiger partial charge in [0.05, 0.1) is 0 Å². The Morgan fingerprint density at radius 1 is 0.333 bits per heavy atom. The third-order valence-electron chi connectivity index (χ3n) is 6.64. The summed E-state index contributed by atoms with van der Waals surface area (Å²) in [5.41, 5.74) is 22.4. The number of hydrogen-bond acceptors (Lipinski definition) is 12. The van der Waals surface area contributed by atoms with Crippen LogP contribution in [0.5, 0.6) is 0 Å². The first kappa shape index (κ1) is 38.5. The molecule has 0 saturated heterocycles. The molecule has 0 spiro atoms. The summed E-state index contributed by atoms with van der Waals surface area (Å²) in [7, 11) is 3.31. The molecule has 0 radical (unpaired) electrons. The molecule has 0 rings (SSSR count). The Hall–Kier alpha value is 0.388. The molecule has 0 aliphatic heterocycles. The molecule has 0 atom stereocenters. The Balaban J connectivity index is 0. The molecular weight excluding hydrogens is 537 g/mol. The summed E-state index contributed by atoms with van der Waals surface area (Å²) < 4.78 is 46.1. The number of nitrogens with two attached hydrogens (primary N) is 4. The molecule has 0 aliphatic carbocycles. The maximum Gasteiger partial charge on any atom is 0.384 e. The van der Waals surface area contributed by atoms with Crippen LogP contribution in [0, 0.1) is 0 Å². The minimum Gasteiger partial charge on any atom is -0.397 e. The Labute approximate surface area is 223 Å². The van der Waals surface area contributed by atoms with Crippen LogP contribution in [0.25, 0.3) is 0 Å². The van der Waals surface area contributed by atoms with Crippen LogP contribution in [-0.4, -0.2) is 115 Å². The topological polar surface area (TPSA) is 178 Å². The summed E-state index contributed by atoms with van der Waals surface area (Å²) in [6, 6.07) is 3.15. The van der Waals surface area contributed by atoms with E-state index in [-0.39, 0.29) is 0 Å². The summed E-state index contributed by atoms with van der Waals surface area (Å²) in [4.78, 5) is 0. The lowest BCUT2D eigenvalue weighted by atomic mass is 10.5. The minimum absolute atomic E-state index is 0.607. The van der Waals surface area contributed by atoms with Gasteiger partial charge in [-0.2, -0.15) is 0 Å². The van der Waals surface area contributed by atoms with Gasteiger partial charge in [-0.05, 0) is 76.0 Å². The second kappa shape index (κ2) is 21.2. The SMILES string of the molecule is CO[Si](CCCN)(OC)[Si](CCCN)(OC)OC.CO[Si](CCCN)(OC)[Si](CCCN)(OC)OC. The van der Waals surface area contributed by atoms with Gasteiger partial charge in [0.1, 0.15) is 0 Å². The highest BCUT2D eigenvalue weighted by Crippen LogP contribution is 2.32. The molecule has 0 aromatic rings. The fourth-order valence-corrected chi connectivity index (χ4v) is 27.6. The van der Waals surface area contributed by atoms with Crippen molar-refractivity contribution in [2.75, 3.05) is 83.1 Å². The monoisotopic (exact) mass is 592 g/mol. The molecule has 0 amide bonds. The molecule has 0 heterocycles. The Bertz CT molecular complexity index is 428. The van der Waals surface area contributed by atoms with Gasteiger partial charge in [0, 0.05) is 56.9 Å². The summed E-state index contributed by atoms with van der Waals surface area (Å²) in [5.74, 6) is 0. The molecule has 36 heavy (non-hydrogen) atoms. The van der Waals surface area contributed by atoms with Gasteiger partial charge in [-0.15, -0.1) is 0 Å². The van der Waals surface area contributed by atoms with E-state index in [2.05, 4.69) is 0 Å². The molecule has 8 N–H and O–H groups in total. The number of hydrogen-bond donors (Lipinski definition) is 4. The molecule has 220 valence electrons. The fourth-order valence-electron chi connectivity index (χ4n) is 4.49. The Kier molecular flexibility index (Phi) is 22.7. The van der Waals surface area contributed by atoms with E-state index in [0.717, 1.165) is 49.9 Å². The van der Waals surface area contributed by atoms with Crippen molar-refractivity contribution < 1.29 is 35.4 Å². The van der Waals surface area contributed by atoms with E-state index >= 15 is 0 Å². The van der Waals surface area contributed by atoms with Crippen molar-refractivity contribution in [1.29, 1.82) is 0 Å². The van der Waals surface area contributed by atoms with Crippen molar-refractivity contribution >= 4 is 32.3 Å². The van der Waals surface area contributed by atoms with E-state index in [9.17, 15) is 0 Å². The summed E-state index contributed by atoms with van der Waals surface area (Å²) >= 11 is 0. The van der Waals surface area contributed by atoms with Gasteiger partial charge >= 0.3 is 32.3 Å². The molecule has 0 saturated carbocycles. The van der Waals surface area contributed by atoms with Gasteiger partial charge in [0.15, 0.2) is 0 Å². The first-order chi connectivity index (χ1) is 17.2. The normalized spacial score (nSPS) is 13.0. The lowest BCUT2D eigenvalue weighted by Crippen LogP contribution is -2.69. The molecular formula is C20H56N4O8Si4. The Morgan fingerprint density at radius 3 is 0.556 bits per heavy atom. The minimum atomic E-state index is -2.52. The van der Waals surface area contributed by atoms with E-state index in [1.54, 1.807) is 56.9 Å². The predicted molar refractivity (Wildman–Crippen MR) is 153 cm³/mol. The second-order valence-corrected chi connectivity index (χ2v) is 28.6. The average Bonchev–Trinajstić information content (AvgIpc) is 2.93. The quantitative estimate of drug-likeness (QED) is 0.128. The third-order valence-corrected chi connectivity index (χ3v) is 33.1. The molecule has 0 aliphatic rings. The second-order valence-electron chi connectivity index (χ2n) is 8.21. The lowest BCUT2D eigenvalue weighted by molar-refractivity contribution is 0.199. The summed E-state index contributed by atoms with van der Waals surface area (Å²) in [6.07, 6.45) is 3.38. The van der Waals surface area contributed by atoms with Crippen LogP contribution in [0.15, 0.2) is 0 Å². The van der Waals surface area contributed by atoms with Crippen LogP contribution in [0.1, 0.15) is 25.7 Å². The van der Waals surface area contributed by atoms with E-state index < -0.39 is 32.3 Å². The third kappa shape index (κ3) is 9.85. The van der Waals surface area contributed by atoms with Gasteiger partial charge in [0.2, 0.25) is 0 Å². The van der Waals surface area contributed by atoms with E-state index in [0.29, 0.717) is 26.2 Å². The van der Waals surface area contributed by atoms with Crippen LogP contribution >= 0.6 is 0 Å². The number of rotatable bonds is 22. The van der Waals surface area contributed by atoms with E-state index in [4.69, 9.17) is 58.3 Å². The van der Waals surface area contributed by atoms with Crippen LogP contribution in [0.4, 0.5) is 0 Å². The highest BCUT2D eigenvalue weighted by molar-refractivity contribution is 7.32. The summed E-state index contributed by atoms with van der Waals surface area (Å²) in [6.45, 7) is 2.43. The van der Waals surface area contributed by atoms with Crippen LogP contribution < -0.4 is 22.9 Å². The van der Waals surface area contributed by atoms with Crippen molar-refractivity contribution in [2.24, 2.45) is 22.9 Å². The smallest absolute Gasteiger partial charge is 0.384 e. The first-order valence-corrected chi connectivity index (χ1v) is 22.5. The van der Waals surface area contributed by atoms with Gasteiger partial charge in [-0.1, -0.05) is 0 Å². The maximum atomic E-state index is 5.77. The zero-order chi connectivity index (χ0) is 28.1. The molecule has 0 aromatic carbocycles. The van der Waals surface area contributed by atoms with E-state index in [1.807, 2.05) is 0 Å². The Morgan fingerprint density at radius 2 is 0.472 bits per heavy atom. The van der Waals surface area contributed by atoms with Crippen LogP contribution in [-0.2, 0) is 35.4 Å². The molecule has 0 bridgehead atoms. The summed E-state index contributed by atoms with van der Waals surface area (Å²) in [5, 5.41) is 0. The molecule has 0 fully saturated rings. The van der Waals surface area contributed by atoms with Crippen molar-refractivity contribution in [3.05, 3.63) is 0 Å². The standard InChI is InChI=1S/2C10H28N2O4Si2/c2*1-13-17(14-2,9-5-7-11)18(15-3,16-4)10-6-8-12/h2*5-12H2,1-4H3. The zero-order valence-electron chi connectivity index (χ0n) is 24.1. The van der Waals surface area contributed by atoms with Gasteiger partial charge < -0.3 is 58.3 Å².